The van der Waals surface area contributed by atoms with Crippen LogP contribution in [-0.4, -0.2) is 59.4 Å². The highest BCUT2D eigenvalue weighted by molar-refractivity contribution is 14.1. The topological polar surface area (TPSA) is 111 Å². The van der Waals surface area contributed by atoms with Crippen molar-refractivity contribution in [2.75, 3.05) is 18.5 Å². The van der Waals surface area contributed by atoms with Crippen LogP contribution >= 0.6 is 22.6 Å². The number of aliphatic hydroxyl groups excluding tert-OH is 1. The molecule has 3 aromatic rings. The molecule has 2 aromatic heterocycles. The fourth-order valence-electron chi connectivity index (χ4n) is 3.62. The first-order chi connectivity index (χ1) is 13.6. The Kier molecular flexibility index (Phi) is 4.30. The summed E-state index contributed by atoms with van der Waals surface area (Å²) in [5.41, 5.74) is 0.790. The number of rotatable bonds is 4. The van der Waals surface area contributed by atoms with Gasteiger partial charge >= 0.3 is 0 Å². The number of fused-ring (bicyclic) bond motifs is 3. The molecule has 9 nitrogen and oxygen atoms in total. The largest absolute Gasteiger partial charge is 0.393 e. The molecular formula is C18H16IN5O4. The normalized spacial score (nSPS) is 28.7. The number of imidazole rings is 1. The second-order valence-corrected chi connectivity index (χ2v) is 8.12. The van der Waals surface area contributed by atoms with Crippen molar-refractivity contribution in [2.24, 2.45) is 0 Å². The number of amides is 1. The molecule has 2 N–H and O–H groups in total. The summed E-state index contributed by atoms with van der Waals surface area (Å²) >= 11 is 2.26. The maximum absolute atomic E-state index is 12.5. The van der Waals surface area contributed by atoms with Gasteiger partial charge in [0.05, 0.1) is 23.5 Å². The molecule has 28 heavy (non-hydrogen) atoms. The van der Waals surface area contributed by atoms with Gasteiger partial charge in [-0.15, -0.1) is 0 Å². The van der Waals surface area contributed by atoms with Crippen molar-refractivity contribution < 1.29 is 19.4 Å². The van der Waals surface area contributed by atoms with Gasteiger partial charge in [0.15, 0.2) is 23.2 Å². The molecule has 2 aliphatic rings. The molecule has 1 aromatic carbocycles. The molecule has 10 heteroatoms. The fourth-order valence-corrected chi connectivity index (χ4v) is 4.70. The third kappa shape index (κ3) is 2.63. The van der Waals surface area contributed by atoms with Crippen LogP contribution in [0.15, 0.2) is 43.0 Å². The van der Waals surface area contributed by atoms with E-state index in [1.54, 1.807) is 35.2 Å². The first kappa shape index (κ1) is 17.9. The van der Waals surface area contributed by atoms with Gasteiger partial charge in [0.25, 0.3) is 5.91 Å². The zero-order valence-electron chi connectivity index (χ0n) is 14.5. The molecule has 0 saturated carbocycles. The molecule has 1 amide bonds. The summed E-state index contributed by atoms with van der Waals surface area (Å²) < 4.78 is 13.8. The number of nitrogens with zero attached hydrogens (tertiary/aromatic N) is 4. The molecule has 0 spiro atoms. The van der Waals surface area contributed by atoms with Gasteiger partial charge < -0.3 is 19.9 Å². The predicted molar refractivity (Wildman–Crippen MR) is 107 cm³/mol. The number of hydrogen-bond acceptors (Lipinski definition) is 7. The van der Waals surface area contributed by atoms with Crippen LogP contribution in [-0.2, 0) is 9.47 Å². The summed E-state index contributed by atoms with van der Waals surface area (Å²) in [5, 5.41) is 12.6. The van der Waals surface area contributed by atoms with Crippen molar-refractivity contribution in [1.82, 2.24) is 19.5 Å². The molecular weight excluding hydrogens is 477 g/mol. The second-order valence-electron chi connectivity index (χ2n) is 6.78. The van der Waals surface area contributed by atoms with Crippen molar-refractivity contribution >= 4 is 45.5 Å². The maximum atomic E-state index is 12.5. The third-order valence-electron chi connectivity index (χ3n) is 5.12. The van der Waals surface area contributed by atoms with Crippen LogP contribution in [0.2, 0.25) is 0 Å². The number of halogens is 1. The molecule has 4 atom stereocenters. The minimum absolute atomic E-state index is 0.0108. The smallest absolute Gasteiger partial charge is 0.256 e. The lowest BCUT2D eigenvalue weighted by Crippen LogP contribution is -2.41. The molecule has 1 unspecified atom stereocenters. The molecule has 2 bridgehead atoms. The van der Waals surface area contributed by atoms with E-state index in [9.17, 15) is 9.90 Å². The standard InChI is InChI=1S/C18H16IN5O4/c19-13-12-17(28-18(13,6-25)7-27-12)24-9-22-11-14(20-8-21-15(11)24)23-16(26)10-4-2-1-3-5-10/h1-5,8-9,12-13,17,25H,6-7H2,(H,20,21,23,26)/t12-,13?,17+,18-/m0/s1. The number of ether oxygens (including phenoxy) is 2. The number of aliphatic hydroxyl groups is 1. The van der Waals surface area contributed by atoms with E-state index in [1.165, 1.54) is 6.33 Å². The highest BCUT2D eigenvalue weighted by Crippen LogP contribution is 2.49. The summed E-state index contributed by atoms with van der Waals surface area (Å²) in [6, 6.07) is 8.88. The molecule has 2 saturated heterocycles. The van der Waals surface area contributed by atoms with Crippen molar-refractivity contribution in [3.63, 3.8) is 0 Å². The number of anilines is 1. The average Bonchev–Trinajstić information content (AvgIpc) is 3.39. The molecule has 2 aliphatic heterocycles. The van der Waals surface area contributed by atoms with E-state index in [0.29, 0.717) is 29.2 Å². The third-order valence-corrected chi connectivity index (χ3v) is 6.96. The van der Waals surface area contributed by atoms with Crippen LogP contribution in [0.3, 0.4) is 0 Å². The van der Waals surface area contributed by atoms with Gasteiger partial charge in [-0.2, -0.15) is 0 Å². The van der Waals surface area contributed by atoms with Gasteiger partial charge in [0.1, 0.15) is 18.0 Å². The van der Waals surface area contributed by atoms with E-state index in [-0.39, 0.29) is 22.5 Å². The quantitative estimate of drug-likeness (QED) is 0.419. The van der Waals surface area contributed by atoms with E-state index < -0.39 is 11.8 Å². The molecule has 0 aliphatic carbocycles. The second kappa shape index (κ2) is 6.72. The zero-order chi connectivity index (χ0) is 19.3. The van der Waals surface area contributed by atoms with Gasteiger partial charge in [-0.25, -0.2) is 15.0 Å². The maximum Gasteiger partial charge on any atom is 0.256 e. The van der Waals surface area contributed by atoms with Gasteiger partial charge in [0.2, 0.25) is 0 Å². The van der Waals surface area contributed by atoms with Gasteiger partial charge in [-0.1, -0.05) is 40.8 Å². The number of hydrogen-bond donors (Lipinski definition) is 2. The lowest BCUT2D eigenvalue weighted by atomic mass is 10.0. The van der Waals surface area contributed by atoms with Crippen LogP contribution in [0.5, 0.6) is 0 Å². The van der Waals surface area contributed by atoms with Gasteiger partial charge in [-0.3, -0.25) is 9.36 Å². The Morgan fingerprint density at radius 2 is 2.14 bits per heavy atom. The van der Waals surface area contributed by atoms with Crippen LogP contribution in [0.1, 0.15) is 16.6 Å². The lowest BCUT2D eigenvalue weighted by molar-refractivity contribution is -0.182. The number of alkyl halides is 1. The van der Waals surface area contributed by atoms with E-state index in [1.807, 2.05) is 6.07 Å². The van der Waals surface area contributed by atoms with Gasteiger partial charge in [-0.05, 0) is 12.1 Å². The highest BCUT2D eigenvalue weighted by atomic mass is 127. The Hall–Kier alpha value is -2.15. The Morgan fingerprint density at radius 3 is 2.89 bits per heavy atom. The van der Waals surface area contributed by atoms with Crippen LogP contribution in [0, 0.1) is 0 Å². The van der Waals surface area contributed by atoms with Crippen molar-refractivity contribution in [3.05, 3.63) is 48.5 Å². The van der Waals surface area contributed by atoms with Crippen molar-refractivity contribution in [2.45, 2.75) is 21.9 Å². The summed E-state index contributed by atoms with van der Waals surface area (Å²) in [4.78, 5) is 25.4. The average molecular weight is 493 g/mol. The summed E-state index contributed by atoms with van der Waals surface area (Å²) in [6.07, 6.45) is 2.29. The number of carbonyl (C=O) groups excluding carboxylic acids is 1. The van der Waals surface area contributed by atoms with E-state index in [2.05, 4.69) is 42.9 Å². The predicted octanol–water partition coefficient (Wildman–Crippen LogP) is 1.54. The van der Waals surface area contributed by atoms with Crippen LogP contribution in [0.25, 0.3) is 11.2 Å². The highest BCUT2D eigenvalue weighted by Gasteiger charge is 2.61. The molecule has 144 valence electrons. The number of aromatic nitrogens is 4. The SMILES string of the molecule is O=C(Nc1ncnc2c1ncn2[C@@H]1O[C@@]2(CO)CO[C@H]1C2I)c1ccccc1. The van der Waals surface area contributed by atoms with Crippen LogP contribution in [0.4, 0.5) is 5.82 Å². The Bertz CT molecular complexity index is 1040. The summed E-state index contributed by atoms with van der Waals surface area (Å²) in [7, 11) is 0. The summed E-state index contributed by atoms with van der Waals surface area (Å²) in [6.45, 7) is 0.242. The van der Waals surface area contributed by atoms with E-state index in [0.717, 1.165) is 0 Å². The minimum atomic E-state index is -0.718. The minimum Gasteiger partial charge on any atom is -0.393 e. The molecule has 5 rings (SSSR count). The van der Waals surface area contributed by atoms with Gasteiger partial charge in [0, 0.05) is 5.56 Å². The zero-order valence-corrected chi connectivity index (χ0v) is 16.7. The van der Waals surface area contributed by atoms with Crippen molar-refractivity contribution in [1.29, 1.82) is 0 Å². The molecule has 0 radical (unpaired) electrons. The Labute approximate surface area is 173 Å². The number of nitrogens with one attached hydrogen (secondary N) is 1. The Morgan fingerprint density at radius 1 is 1.32 bits per heavy atom. The van der Waals surface area contributed by atoms with Crippen molar-refractivity contribution in [3.8, 4) is 0 Å². The Balaban J connectivity index is 1.48. The molecule has 2 fully saturated rings. The number of benzene rings is 1. The lowest BCUT2D eigenvalue weighted by Gasteiger charge is -2.29. The monoisotopic (exact) mass is 493 g/mol. The summed E-state index contributed by atoms with van der Waals surface area (Å²) in [5.74, 6) is 0.0470. The number of carbonyl (C=O) groups is 1. The molecule has 4 heterocycles. The first-order valence-corrected chi connectivity index (χ1v) is 9.96. The first-order valence-electron chi connectivity index (χ1n) is 8.71. The fraction of sp³-hybridized carbons (Fsp3) is 0.333. The van der Waals surface area contributed by atoms with E-state index in [4.69, 9.17) is 9.47 Å². The van der Waals surface area contributed by atoms with Crippen LogP contribution < -0.4 is 5.32 Å². The van der Waals surface area contributed by atoms with E-state index >= 15 is 0 Å².